The zero-order chi connectivity index (χ0) is 14.1. The molecule has 2 aliphatic rings. The van der Waals surface area contributed by atoms with Crippen LogP contribution in [-0.4, -0.2) is 12.1 Å². The van der Waals surface area contributed by atoms with Crippen molar-refractivity contribution >= 4 is 0 Å². The molecule has 0 heterocycles. The molecule has 0 bridgehead atoms. The second kappa shape index (κ2) is 5.76. The summed E-state index contributed by atoms with van der Waals surface area (Å²) in [6.07, 6.45) is 11.2. The fourth-order valence-electron chi connectivity index (χ4n) is 4.25. The van der Waals surface area contributed by atoms with Gasteiger partial charge in [0.2, 0.25) is 0 Å². The van der Waals surface area contributed by atoms with E-state index in [1.54, 1.807) is 0 Å². The first-order valence-corrected chi connectivity index (χ1v) is 8.61. The van der Waals surface area contributed by atoms with Crippen LogP contribution in [0, 0.1) is 16.7 Å². The van der Waals surface area contributed by atoms with E-state index in [1.807, 2.05) is 0 Å². The Bertz CT molecular complexity index is 284. The lowest BCUT2D eigenvalue weighted by molar-refractivity contribution is 0.127. The Morgan fingerprint density at radius 1 is 1.05 bits per heavy atom. The Balaban J connectivity index is 1.81. The molecule has 0 aromatic heterocycles. The molecule has 112 valence electrons. The number of hydrogen-bond acceptors (Lipinski definition) is 1. The van der Waals surface area contributed by atoms with Gasteiger partial charge in [0.15, 0.2) is 0 Å². The van der Waals surface area contributed by atoms with Gasteiger partial charge in [0, 0.05) is 12.1 Å². The summed E-state index contributed by atoms with van der Waals surface area (Å²) in [7, 11) is 0. The van der Waals surface area contributed by atoms with Crippen LogP contribution in [0.3, 0.4) is 0 Å². The Kier molecular flexibility index (Phi) is 4.65. The van der Waals surface area contributed by atoms with Gasteiger partial charge >= 0.3 is 0 Å². The maximum atomic E-state index is 4.00. The van der Waals surface area contributed by atoms with Gasteiger partial charge in [-0.1, -0.05) is 47.5 Å². The molecule has 0 aromatic carbocycles. The summed E-state index contributed by atoms with van der Waals surface area (Å²) in [5, 5.41) is 4.00. The minimum atomic E-state index is 0.527. The molecule has 19 heavy (non-hydrogen) atoms. The normalized spacial score (nSPS) is 35.5. The third kappa shape index (κ3) is 3.54. The highest BCUT2D eigenvalue weighted by Crippen LogP contribution is 2.42. The Morgan fingerprint density at radius 2 is 1.68 bits per heavy atom. The van der Waals surface area contributed by atoms with E-state index in [2.05, 4.69) is 39.9 Å². The first-order valence-electron chi connectivity index (χ1n) is 8.61. The minimum Gasteiger partial charge on any atom is -0.311 e. The average molecular weight is 265 g/mol. The van der Waals surface area contributed by atoms with Crippen molar-refractivity contribution in [2.24, 2.45) is 16.7 Å². The smallest absolute Gasteiger partial charge is 0.0121 e. The van der Waals surface area contributed by atoms with Gasteiger partial charge in [0.25, 0.3) is 0 Å². The van der Waals surface area contributed by atoms with Gasteiger partial charge in [-0.05, 0) is 55.3 Å². The Labute approximate surface area is 120 Å². The van der Waals surface area contributed by atoms with E-state index >= 15 is 0 Å². The molecule has 1 nitrogen and oxygen atoms in total. The lowest BCUT2D eigenvalue weighted by atomic mass is 9.68. The van der Waals surface area contributed by atoms with Crippen molar-refractivity contribution in [2.75, 3.05) is 0 Å². The lowest BCUT2D eigenvalue weighted by Crippen LogP contribution is -2.46. The number of rotatable bonds is 4. The zero-order valence-corrected chi connectivity index (χ0v) is 13.9. The van der Waals surface area contributed by atoms with Crippen LogP contribution in [0.2, 0.25) is 0 Å². The van der Waals surface area contributed by atoms with Crippen molar-refractivity contribution in [3.8, 4) is 0 Å². The van der Waals surface area contributed by atoms with Crippen LogP contribution in [-0.2, 0) is 0 Å². The fourth-order valence-corrected chi connectivity index (χ4v) is 4.25. The van der Waals surface area contributed by atoms with E-state index in [9.17, 15) is 0 Å². The second-order valence-corrected chi connectivity index (χ2v) is 8.49. The summed E-state index contributed by atoms with van der Waals surface area (Å²) in [5.74, 6) is 0.951. The first-order chi connectivity index (χ1) is 8.85. The van der Waals surface area contributed by atoms with Crippen molar-refractivity contribution in [2.45, 2.75) is 98.1 Å². The molecule has 2 rings (SSSR count). The van der Waals surface area contributed by atoms with Crippen molar-refractivity contribution in [1.82, 2.24) is 5.32 Å². The molecule has 0 spiro atoms. The highest BCUT2D eigenvalue weighted by atomic mass is 15.0. The van der Waals surface area contributed by atoms with Crippen LogP contribution in [0.15, 0.2) is 0 Å². The zero-order valence-electron chi connectivity index (χ0n) is 13.9. The van der Waals surface area contributed by atoms with Crippen molar-refractivity contribution in [3.05, 3.63) is 0 Å². The predicted octanol–water partition coefficient (Wildman–Crippen LogP) is 5.15. The van der Waals surface area contributed by atoms with E-state index in [-0.39, 0.29) is 0 Å². The summed E-state index contributed by atoms with van der Waals surface area (Å²) in [6.45, 7) is 12.2. The summed E-state index contributed by atoms with van der Waals surface area (Å²) >= 11 is 0. The van der Waals surface area contributed by atoms with Gasteiger partial charge in [-0.3, -0.25) is 0 Å². The molecule has 0 amide bonds. The van der Waals surface area contributed by atoms with Gasteiger partial charge in [-0.15, -0.1) is 0 Å². The van der Waals surface area contributed by atoms with Gasteiger partial charge in [0.1, 0.15) is 0 Å². The highest BCUT2D eigenvalue weighted by molar-refractivity contribution is 4.93. The lowest BCUT2D eigenvalue weighted by Gasteiger charge is -2.41. The topological polar surface area (TPSA) is 12.0 Å². The predicted molar refractivity (Wildman–Crippen MR) is 84.4 cm³/mol. The Hall–Kier alpha value is -0.0400. The number of hydrogen-bond donors (Lipinski definition) is 1. The molecule has 2 fully saturated rings. The van der Waals surface area contributed by atoms with Crippen molar-refractivity contribution in [1.29, 1.82) is 0 Å². The van der Waals surface area contributed by atoms with E-state index in [4.69, 9.17) is 0 Å². The SMILES string of the molecule is CCC(C)(C)C1CCC(NC2CCCC2(C)C)CC1. The quantitative estimate of drug-likeness (QED) is 0.741. The van der Waals surface area contributed by atoms with Gasteiger partial charge < -0.3 is 5.32 Å². The van der Waals surface area contributed by atoms with Crippen LogP contribution >= 0.6 is 0 Å². The van der Waals surface area contributed by atoms with E-state index in [0.29, 0.717) is 10.8 Å². The summed E-state index contributed by atoms with van der Waals surface area (Å²) in [4.78, 5) is 0. The standard InChI is InChI=1S/C18H35N/c1-6-17(2,3)14-9-11-15(12-10-14)19-16-8-7-13-18(16,4)5/h14-16,19H,6-13H2,1-5H3. The third-order valence-electron chi connectivity index (χ3n) is 6.44. The maximum absolute atomic E-state index is 4.00. The van der Waals surface area contributed by atoms with Crippen LogP contribution in [0.1, 0.15) is 86.0 Å². The van der Waals surface area contributed by atoms with Crippen LogP contribution < -0.4 is 5.32 Å². The molecule has 0 aromatic rings. The third-order valence-corrected chi connectivity index (χ3v) is 6.44. The van der Waals surface area contributed by atoms with Crippen molar-refractivity contribution in [3.63, 3.8) is 0 Å². The molecular weight excluding hydrogens is 230 g/mol. The van der Waals surface area contributed by atoms with Crippen LogP contribution in [0.5, 0.6) is 0 Å². The fraction of sp³-hybridized carbons (Fsp3) is 1.00. The molecule has 1 atom stereocenters. The molecule has 0 saturated heterocycles. The van der Waals surface area contributed by atoms with E-state index in [0.717, 1.165) is 18.0 Å². The van der Waals surface area contributed by atoms with Crippen LogP contribution in [0.25, 0.3) is 0 Å². The monoisotopic (exact) mass is 265 g/mol. The molecule has 0 aliphatic heterocycles. The maximum Gasteiger partial charge on any atom is 0.0121 e. The van der Waals surface area contributed by atoms with Crippen molar-refractivity contribution < 1.29 is 0 Å². The molecule has 2 aliphatic carbocycles. The van der Waals surface area contributed by atoms with Gasteiger partial charge in [-0.2, -0.15) is 0 Å². The van der Waals surface area contributed by atoms with Gasteiger partial charge in [0.05, 0.1) is 0 Å². The second-order valence-electron chi connectivity index (χ2n) is 8.49. The average Bonchev–Trinajstić information content (AvgIpc) is 2.69. The largest absolute Gasteiger partial charge is 0.311 e. The minimum absolute atomic E-state index is 0.527. The highest BCUT2D eigenvalue weighted by Gasteiger charge is 2.37. The summed E-state index contributed by atoms with van der Waals surface area (Å²) < 4.78 is 0. The first kappa shape index (κ1) is 15.4. The van der Waals surface area contributed by atoms with E-state index in [1.165, 1.54) is 51.4 Å². The number of nitrogens with one attached hydrogen (secondary N) is 1. The molecule has 1 N–H and O–H groups in total. The Morgan fingerprint density at radius 3 is 2.16 bits per heavy atom. The van der Waals surface area contributed by atoms with Gasteiger partial charge in [-0.25, -0.2) is 0 Å². The molecular formula is C18H35N. The molecule has 2 saturated carbocycles. The summed E-state index contributed by atoms with van der Waals surface area (Å²) in [6, 6.07) is 1.57. The van der Waals surface area contributed by atoms with Crippen LogP contribution in [0.4, 0.5) is 0 Å². The molecule has 0 radical (unpaired) electrons. The van der Waals surface area contributed by atoms with E-state index < -0.39 is 0 Å². The molecule has 1 heteroatoms. The molecule has 1 unspecified atom stereocenters. The summed E-state index contributed by atoms with van der Waals surface area (Å²) in [5.41, 5.74) is 1.08.